The van der Waals surface area contributed by atoms with E-state index >= 15 is 0 Å². The SMILES string of the molecule is CCCCCCCCCCOCCOCCOCCOCCOCCOCCOCCOCCOCCOC(=O)C(=O)c1ccccc1. The molecule has 0 aliphatic rings. The number of ketones is 1. The summed E-state index contributed by atoms with van der Waals surface area (Å²) >= 11 is 0. The molecule has 278 valence electrons. The molecule has 0 saturated carbocycles. The van der Waals surface area contributed by atoms with Gasteiger partial charge in [0.1, 0.15) is 6.61 Å². The van der Waals surface area contributed by atoms with Gasteiger partial charge in [-0.05, 0) is 6.42 Å². The van der Waals surface area contributed by atoms with Crippen LogP contribution in [0.1, 0.15) is 68.6 Å². The fourth-order valence-electron chi connectivity index (χ4n) is 4.17. The minimum atomic E-state index is -0.893. The molecule has 12 heteroatoms. The highest BCUT2D eigenvalue weighted by atomic mass is 16.6. The lowest BCUT2D eigenvalue weighted by molar-refractivity contribution is -0.139. The number of carbonyl (C=O) groups is 2. The van der Waals surface area contributed by atoms with Gasteiger partial charge in [-0.3, -0.25) is 4.79 Å². The molecule has 0 bridgehead atoms. The monoisotopic (exact) mass is 686 g/mol. The Morgan fingerprint density at radius 1 is 0.396 bits per heavy atom. The second-order valence-electron chi connectivity index (χ2n) is 10.8. The summed E-state index contributed by atoms with van der Waals surface area (Å²) in [6.07, 6.45) is 10.5. The van der Waals surface area contributed by atoms with Gasteiger partial charge < -0.3 is 47.4 Å². The van der Waals surface area contributed by atoms with E-state index in [4.69, 9.17) is 47.4 Å². The van der Waals surface area contributed by atoms with Crippen LogP contribution in [0.4, 0.5) is 0 Å². The summed E-state index contributed by atoms with van der Waals surface area (Å²) in [6, 6.07) is 8.28. The molecule has 48 heavy (non-hydrogen) atoms. The first-order chi connectivity index (χ1) is 23.8. The number of benzene rings is 1. The Labute approximate surface area is 288 Å². The van der Waals surface area contributed by atoms with Crippen molar-refractivity contribution in [1.82, 2.24) is 0 Å². The van der Waals surface area contributed by atoms with Gasteiger partial charge in [-0.25, -0.2) is 4.79 Å². The van der Waals surface area contributed by atoms with Crippen molar-refractivity contribution in [2.45, 2.75) is 58.3 Å². The molecular formula is C36H62O12. The summed E-state index contributed by atoms with van der Waals surface area (Å²) < 4.78 is 54.2. The predicted molar refractivity (Wildman–Crippen MR) is 182 cm³/mol. The lowest BCUT2D eigenvalue weighted by atomic mass is 10.1. The largest absolute Gasteiger partial charge is 0.457 e. The van der Waals surface area contributed by atoms with E-state index in [0.29, 0.717) is 111 Å². The van der Waals surface area contributed by atoms with Gasteiger partial charge in [0, 0.05) is 12.2 Å². The number of hydrogen-bond acceptors (Lipinski definition) is 12. The number of hydrogen-bond donors (Lipinski definition) is 0. The first-order valence-corrected chi connectivity index (χ1v) is 17.7. The second kappa shape index (κ2) is 36.3. The van der Waals surface area contributed by atoms with Crippen LogP contribution in [0.2, 0.25) is 0 Å². The molecule has 1 rings (SSSR count). The van der Waals surface area contributed by atoms with Crippen molar-refractivity contribution in [3.05, 3.63) is 35.9 Å². The van der Waals surface area contributed by atoms with Crippen molar-refractivity contribution in [3.8, 4) is 0 Å². The summed E-state index contributed by atoms with van der Waals surface area (Å²) in [7, 11) is 0. The molecule has 0 radical (unpaired) electrons. The predicted octanol–water partition coefficient (Wildman–Crippen LogP) is 4.70. The second-order valence-corrected chi connectivity index (χ2v) is 10.8. The average molecular weight is 687 g/mol. The molecule has 0 saturated heterocycles. The molecule has 0 fully saturated rings. The van der Waals surface area contributed by atoms with E-state index < -0.39 is 11.8 Å². The Kier molecular flexibility index (Phi) is 33.3. The molecule has 0 N–H and O–H groups in total. The van der Waals surface area contributed by atoms with Gasteiger partial charge in [0.15, 0.2) is 0 Å². The normalized spacial score (nSPS) is 11.3. The number of unbranched alkanes of at least 4 members (excludes halogenated alkanes) is 7. The molecule has 1 aromatic rings. The third-order valence-corrected chi connectivity index (χ3v) is 6.80. The third kappa shape index (κ3) is 30.1. The smallest absolute Gasteiger partial charge is 0.379 e. The molecule has 12 nitrogen and oxygen atoms in total. The van der Waals surface area contributed by atoms with Crippen molar-refractivity contribution < 1.29 is 57.0 Å². The lowest BCUT2D eigenvalue weighted by Gasteiger charge is -2.09. The van der Waals surface area contributed by atoms with Crippen molar-refractivity contribution in [2.75, 3.05) is 126 Å². The summed E-state index contributed by atoms with van der Waals surface area (Å²) in [5, 5.41) is 0. The Bertz CT molecular complexity index is 826. The quantitative estimate of drug-likeness (QED) is 0.0414. The van der Waals surface area contributed by atoms with Crippen molar-refractivity contribution >= 4 is 11.8 Å². The lowest BCUT2D eigenvalue weighted by Crippen LogP contribution is -2.20. The van der Waals surface area contributed by atoms with E-state index in [2.05, 4.69) is 6.92 Å². The van der Waals surface area contributed by atoms with Gasteiger partial charge in [-0.2, -0.15) is 0 Å². The maximum atomic E-state index is 11.9. The van der Waals surface area contributed by atoms with Gasteiger partial charge in [0.05, 0.1) is 112 Å². The number of rotatable bonds is 38. The summed E-state index contributed by atoms with van der Waals surface area (Å²) in [6.45, 7) is 11.2. The van der Waals surface area contributed by atoms with E-state index in [1.807, 2.05) is 0 Å². The van der Waals surface area contributed by atoms with Crippen LogP contribution in [0.15, 0.2) is 30.3 Å². The van der Waals surface area contributed by atoms with Crippen LogP contribution in [0.5, 0.6) is 0 Å². The molecule has 0 aromatic heterocycles. The van der Waals surface area contributed by atoms with Gasteiger partial charge in [-0.15, -0.1) is 0 Å². The number of carbonyl (C=O) groups excluding carboxylic acids is 2. The molecule has 0 spiro atoms. The Morgan fingerprint density at radius 2 is 0.708 bits per heavy atom. The fourth-order valence-corrected chi connectivity index (χ4v) is 4.17. The minimum absolute atomic E-state index is 0.00211. The van der Waals surface area contributed by atoms with E-state index in [1.54, 1.807) is 30.3 Å². The van der Waals surface area contributed by atoms with Crippen LogP contribution in [0.3, 0.4) is 0 Å². The molecule has 0 unspecified atom stereocenters. The van der Waals surface area contributed by atoms with Crippen molar-refractivity contribution in [1.29, 1.82) is 0 Å². The number of Topliss-reactive ketones (excluding diaryl/α,β-unsaturated/α-hetero) is 1. The van der Waals surface area contributed by atoms with Gasteiger partial charge in [0.25, 0.3) is 5.78 Å². The number of esters is 1. The van der Waals surface area contributed by atoms with Crippen LogP contribution < -0.4 is 0 Å². The highest BCUT2D eigenvalue weighted by molar-refractivity contribution is 6.40. The van der Waals surface area contributed by atoms with E-state index in [0.717, 1.165) is 13.0 Å². The highest BCUT2D eigenvalue weighted by Crippen LogP contribution is 2.08. The highest BCUT2D eigenvalue weighted by Gasteiger charge is 2.17. The van der Waals surface area contributed by atoms with Crippen molar-refractivity contribution in [2.24, 2.45) is 0 Å². The Morgan fingerprint density at radius 3 is 1.08 bits per heavy atom. The van der Waals surface area contributed by atoms with Gasteiger partial charge >= 0.3 is 5.97 Å². The van der Waals surface area contributed by atoms with Crippen molar-refractivity contribution in [3.63, 3.8) is 0 Å². The number of ether oxygens (including phenoxy) is 10. The van der Waals surface area contributed by atoms with Crippen LogP contribution in [0.25, 0.3) is 0 Å². The zero-order chi connectivity index (χ0) is 34.4. The summed E-state index contributed by atoms with van der Waals surface area (Å²) in [5.41, 5.74) is 0.299. The first-order valence-electron chi connectivity index (χ1n) is 17.7. The molecule has 0 heterocycles. The fraction of sp³-hybridized carbons (Fsp3) is 0.778. The van der Waals surface area contributed by atoms with Crippen LogP contribution in [0, 0.1) is 0 Å². The summed E-state index contributed by atoms with van der Waals surface area (Å²) in [4.78, 5) is 23.6. The topological polar surface area (TPSA) is 126 Å². The first kappa shape index (κ1) is 44.0. The molecule has 0 aliphatic carbocycles. The molecular weight excluding hydrogens is 624 g/mol. The zero-order valence-corrected chi connectivity index (χ0v) is 29.4. The van der Waals surface area contributed by atoms with Gasteiger partial charge in [-0.1, -0.05) is 82.2 Å². The molecule has 0 amide bonds. The van der Waals surface area contributed by atoms with Crippen LogP contribution >= 0.6 is 0 Å². The van der Waals surface area contributed by atoms with Gasteiger partial charge in [0.2, 0.25) is 0 Å². The van der Waals surface area contributed by atoms with E-state index in [-0.39, 0.29) is 13.2 Å². The van der Waals surface area contributed by atoms with E-state index in [9.17, 15) is 9.59 Å². The van der Waals surface area contributed by atoms with Crippen LogP contribution in [-0.4, -0.2) is 137 Å². The summed E-state index contributed by atoms with van der Waals surface area (Å²) in [5.74, 6) is -1.56. The Hall–Kier alpha value is -2.00. The Balaban J connectivity index is 1.65. The third-order valence-electron chi connectivity index (χ3n) is 6.80. The maximum absolute atomic E-state index is 11.9. The maximum Gasteiger partial charge on any atom is 0.379 e. The zero-order valence-electron chi connectivity index (χ0n) is 29.4. The molecule has 0 aliphatic heterocycles. The van der Waals surface area contributed by atoms with E-state index in [1.165, 1.54) is 44.9 Å². The minimum Gasteiger partial charge on any atom is -0.457 e. The molecule has 1 aromatic carbocycles. The standard InChI is InChI=1S/C36H62O12/c1-2-3-4-5-6-7-8-12-15-39-16-17-40-18-19-41-20-21-42-22-23-43-24-25-44-26-27-45-28-29-46-30-31-47-32-33-48-36(38)35(37)34-13-10-9-11-14-34/h9-11,13-14H,2-8,12,15-33H2,1H3. The average Bonchev–Trinajstić information content (AvgIpc) is 3.11. The molecule has 0 atom stereocenters. The van der Waals surface area contributed by atoms with Crippen LogP contribution in [-0.2, 0) is 52.2 Å².